The molecule has 0 aliphatic carbocycles. The molecule has 0 aromatic heterocycles. The SMILES string of the molecule is CC(=O)SCCC=Cc1cc(F)c(C)cc1Cl. The van der Waals surface area contributed by atoms with Gasteiger partial charge < -0.3 is 0 Å². The second kappa shape index (κ2) is 6.82. The minimum absolute atomic E-state index is 0.109. The molecule has 0 radical (unpaired) electrons. The normalized spacial score (nSPS) is 11.1. The van der Waals surface area contributed by atoms with E-state index in [1.54, 1.807) is 26.0 Å². The molecular weight excluding hydrogens is 259 g/mol. The minimum atomic E-state index is -0.257. The highest BCUT2D eigenvalue weighted by Gasteiger charge is 2.02. The first-order valence-electron chi connectivity index (χ1n) is 5.26. The van der Waals surface area contributed by atoms with Crippen LogP contribution < -0.4 is 0 Å². The lowest BCUT2D eigenvalue weighted by Gasteiger charge is -2.01. The maximum absolute atomic E-state index is 13.3. The van der Waals surface area contributed by atoms with E-state index in [2.05, 4.69) is 0 Å². The summed E-state index contributed by atoms with van der Waals surface area (Å²) in [4.78, 5) is 10.7. The second-order valence-corrected chi connectivity index (χ2v) is 5.33. The van der Waals surface area contributed by atoms with Gasteiger partial charge in [0.15, 0.2) is 5.12 Å². The lowest BCUT2D eigenvalue weighted by Crippen LogP contribution is -1.86. The van der Waals surface area contributed by atoms with Crippen LogP contribution in [0.5, 0.6) is 0 Å². The molecule has 0 fully saturated rings. The van der Waals surface area contributed by atoms with E-state index >= 15 is 0 Å². The van der Waals surface area contributed by atoms with Gasteiger partial charge >= 0.3 is 0 Å². The van der Waals surface area contributed by atoms with Crippen LogP contribution in [-0.2, 0) is 4.79 Å². The first-order valence-corrected chi connectivity index (χ1v) is 6.62. The quantitative estimate of drug-likeness (QED) is 0.752. The van der Waals surface area contributed by atoms with Gasteiger partial charge in [-0.05, 0) is 36.6 Å². The number of carbonyl (C=O) groups excluding carboxylic acids is 1. The van der Waals surface area contributed by atoms with Gasteiger partial charge in [-0.15, -0.1) is 0 Å². The monoisotopic (exact) mass is 272 g/mol. The molecule has 0 saturated heterocycles. The fourth-order valence-electron chi connectivity index (χ4n) is 1.27. The summed E-state index contributed by atoms with van der Waals surface area (Å²) in [6, 6.07) is 3.03. The van der Waals surface area contributed by atoms with Gasteiger partial charge in [0.2, 0.25) is 0 Å². The number of hydrogen-bond acceptors (Lipinski definition) is 2. The Labute approximate surface area is 110 Å². The number of benzene rings is 1. The highest BCUT2D eigenvalue weighted by Crippen LogP contribution is 2.21. The number of thioether (sulfide) groups is 1. The predicted octanol–water partition coefficient (Wildman–Crippen LogP) is 4.47. The Morgan fingerprint density at radius 2 is 2.24 bits per heavy atom. The van der Waals surface area contributed by atoms with E-state index in [-0.39, 0.29) is 10.9 Å². The summed E-state index contributed by atoms with van der Waals surface area (Å²) >= 11 is 7.27. The molecule has 0 amide bonds. The average molecular weight is 273 g/mol. The molecule has 0 saturated carbocycles. The highest BCUT2D eigenvalue weighted by molar-refractivity contribution is 8.13. The Kier molecular flexibility index (Phi) is 5.72. The molecule has 0 N–H and O–H groups in total. The molecule has 1 aromatic rings. The molecule has 0 aliphatic rings. The molecule has 17 heavy (non-hydrogen) atoms. The van der Waals surface area contributed by atoms with Crippen molar-refractivity contribution >= 4 is 34.6 Å². The van der Waals surface area contributed by atoms with Gasteiger partial charge in [-0.1, -0.05) is 35.5 Å². The van der Waals surface area contributed by atoms with Gasteiger partial charge in [-0.25, -0.2) is 4.39 Å². The Hall–Kier alpha value is -0.800. The van der Waals surface area contributed by atoms with Crippen LogP contribution in [0.15, 0.2) is 18.2 Å². The molecule has 0 heterocycles. The fraction of sp³-hybridized carbons (Fsp3) is 0.308. The van der Waals surface area contributed by atoms with Crippen molar-refractivity contribution in [3.05, 3.63) is 40.2 Å². The predicted molar refractivity (Wildman–Crippen MR) is 72.9 cm³/mol. The van der Waals surface area contributed by atoms with E-state index in [0.717, 1.165) is 12.2 Å². The molecule has 0 bridgehead atoms. The molecule has 0 aliphatic heterocycles. The fourth-order valence-corrected chi connectivity index (χ4v) is 2.09. The summed E-state index contributed by atoms with van der Waals surface area (Å²) in [5, 5.41) is 0.650. The van der Waals surface area contributed by atoms with Crippen molar-refractivity contribution in [2.45, 2.75) is 20.3 Å². The van der Waals surface area contributed by atoms with Crippen LogP contribution in [-0.4, -0.2) is 10.9 Å². The number of hydrogen-bond donors (Lipinski definition) is 0. The van der Waals surface area contributed by atoms with Crippen LogP contribution >= 0.6 is 23.4 Å². The van der Waals surface area contributed by atoms with Crippen molar-refractivity contribution in [1.29, 1.82) is 0 Å². The van der Waals surface area contributed by atoms with Crippen molar-refractivity contribution in [2.24, 2.45) is 0 Å². The molecule has 1 aromatic carbocycles. The van der Waals surface area contributed by atoms with Crippen LogP contribution in [0.1, 0.15) is 24.5 Å². The smallest absolute Gasteiger partial charge is 0.185 e. The van der Waals surface area contributed by atoms with Crippen LogP contribution in [0.2, 0.25) is 5.02 Å². The third-order valence-electron chi connectivity index (χ3n) is 2.17. The molecule has 4 heteroatoms. The third kappa shape index (κ3) is 4.92. The number of allylic oxidation sites excluding steroid dienone is 1. The molecule has 92 valence electrons. The Bertz CT molecular complexity index is 443. The zero-order chi connectivity index (χ0) is 12.8. The van der Waals surface area contributed by atoms with E-state index in [4.69, 9.17) is 11.6 Å². The highest BCUT2D eigenvalue weighted by atomic mass is 35.5. The van der Waals surface area contributed by atoms with Crippen LogP contribution in [0.25, 0.3) is 6.08 Å². The van der Waals surface area contributed by atoms with Gasteiger partial charge in [0.25, 0.3) is 0 Å². The Morgan fingerprint density at radius 1 is 1.53 bits per heavy atom. The van der Waals surface area contributed by atoms with Gasteiger partial charge in [0.05, 0.1) is 0 Å². The maximum atomic E-state index is 13.3. The maximum Gasteiger partial charge on any atom is 0.185 e. The van der Waals surface area contributed by atoms with Crippen LogP contribution in [0, 0.1) is 12.7 Å². The van der Waals surface area contributed by atoms with Crippen LogP contribution in [0.4, 0.5) is 4.39 Å². The van der Waals surface area contributed by atoms with Crippen molar-refractivity contribution in [2.75, 3.05) is 5.75 Å². The largest absolute Gasteiger partial charge is 0.288 e. The van der Waals surface area contributed by atoms with Crippen molar-refractivity contribution < 1.29 is 9.18 Å². The van der Waals surface area contributed by atoms with Crippen LogP contribution in [0.3, 0.4) is 0 Å². The van der Waals surface area contributed by atoms with Gasteiger partial charge in [-0.2, -0.15) is 0 Å². The lowest BCUT2D eigenvalue weighted by atomic mass is 10.1. The topological polar surface area (TPSA) is 17.1 Å². The number of carbonyl (C=O) groups is 1. The zero-order valence-electron chi connectivity index (χ0n) is 9.80. The first-order chi connectivity index (χ1) is 8.00. The van der Waals surface area contributed by atoms with E-state index in [1.807, 2.05) is 6.08 Å². The van der Waals surface area contributed by atoms with E-state index in [1.165, 1.54) is 17.8 Å². The number of halogens is 2. The summed E-state index contributed by atoms with van der Waals surface area (Å²) in [5.74, 6) is 0.477. The average Bonchev–Trinajstić information content (AvgIpc) is 2.24. The molecule has 0 atom stereocenters. The Balaban J connectivity index is 2.59. The van der Waals surface area contributed by atoms with E-state index < -0.39 is 0 Å². The van der Waals surface area contributed by atoms with Crippen molar-refractivity contribution in [1.82, 2.24) is 0 Å². The summed E-state index contributed by atoms with van der Waals surface area (Å²) in [7, 11) is 0. The van der Waals surface area contributed by atoms with Crippen molar-refractivity contribution in [3.8, 4) is 0 Å². The lowest BCUT2D eigenvalue weighted by molar-refractivity contribution is -0.109. The van der Waals surface area contributed by atoms with Crippen molar-refractivity contribution in [3.63, 3.8) is 0 Å². The first kappa shape index (κ1) is 14.3. The number of rotatable bonds is 4. The van der Waals surface area contributed by atoms with Gasteiger partial charge in [0.1, 0.15) is 5.82 Å². The summed E-state index contributed by atoms with van der Waals surface area (Å²) < 4.78 is 13.3. The second-order valence-electron chi connectivity index (χ2n) is 3.65. The molecular formula is C13H14ClFOS. The molecule has 1 rings (SSSR count). The van der Waals surface area contributed by atoms with E-state index in [9.17, 15) is 9.18 Å². The Morgan fingerprint density at radius 3 is 2.88 bits per heavy atom. The minimum Gasteiger partial charge on any atom is -0.288 e. The van der Waals surface area contributed by atoms with Gasteiger partial charge in [-0.3, -0.25) is 4.79 Å². The summed E-state index contributed by atoms with van der Waals surface area (Å²) in [5.41, 5.74) is 1.21. The zero-order valence-corrected chi connectivity index (χ0v) is 11.4. The molecule has 1 nitrogen and oxygen atoms in total. The molecule has 0 spiro atoms. The third-order valence-corrected chi connectivity index (χ3v) is 3.34. The van der Waals surface area contributed by atoms with Gasteiger partial charge in [0, 0.05) is 17.7 Å². The standard InChI is InChI=1S/C13H14ClFOS/c1-9-7-12(14)11(8-13(9)15)5-3-4-6-17-10(2)16/h3,5,7-8H,4,6H2,1-2H3. The summed E-state index contributed by atoms with van der Waals surface area (Å²) in [6.07, 6.45) is 4.44. The molecule has 0 unspecified atom stereocenters. The number of aryl methyl sites for hydroxylation is 1. The summed E-state index contributed by atoms with van der Waals surface area (Å²) in [6.45, 7) is 3.22. The van der Waals surface area contributed by atoms with E-state index in [0.29, 0.717) is 16.1 Å².